The lowest BCUT2D eigenvalue weighted by Crippen LogP contribution is -2.28. The van der Waals surface area contributed by atoms with E-state index in [-0.39, 0.29) is 6.04 Å². The van der Waals surface area contributed by atoms with Gasteiger partial charge in [-0.3, -0.25) is 0 Å². The number of nitriles is 1. The van der Waals surface area contributed by atoms with Crippen LogP contribution < -0.4 is 0 Å². The zero-order valence-electron chi connectivity index (χ0n) is 6.09. The van der Waals surface area contributed by atoms with Crippen molar-refractivity contribution in [2.24, 2.45) is 0 Å². The minimum atomic E-state index is -0.116. The van der Waals surface area contributed by atoms with Crippen LogP contribution in [0.3, 0.4) is 0 Å². The summed E-state index contributed by atoms with van der Waals surface area (Å²) in [5, 5.41) is 10.00. The summed E-state index contributed by atoms with van der Waals surface area (Å²) in [7, 11) is 3.30. The molecule has 52 valence electrons. The maximum atomic E-state index is 8.46. The molecule has 0 aliphatic heterocycles. The van der Waals surface area contributed by atoms with Gasteiger partial charge in [-0.1, -0.05) is 6.92 Å². The summed E-state index contributed by atoms with van der Waals surface area (Å²) in [6.45, 7) is 1.95. The van der Waals surface area contributed by atoms with E-state index in [9.17, 15) is 0 Å². The van der Waals surface area contributed by atoms with Gasteiger partial charge in [-0.15, -0.1) is 0 Å². The maximum absolute atomic E-state index is 8.46. The fraction of sp³-hybridized carbons (Fsp3) is 0.833. The molecule has 9 heavy (non-hydrogen) atoms. The average molecular weight is 128 g/mol. The van der Waals surface area contributed by atoms with E-state index in [1.54, 1.807) is 19.2 Å². The van der Waals surface area contributed by atoms with Gasteiger partial charge in [-0.05, 0) is 6.42 Å². The third-order valence-electron chi connectivity index (χ3n) is 1.26. The molecule has 0 spiro atoms. The number of rotatable bonds is 3. The zero-order chi connectivity index (χ0) is 7.28. The molecule has 0 amide bonds. The highest BCUT2D eigenvalue weighted by atomic mass is 16.7. The molecule has 1 atom stereocenters. The van der Waals surface area contributed by atoms with Gasteiger partial charge in [0.1, 0.15) is 6.04 Å². The highest BCUT2D eigenvalue weighted by Gasteiger charge is 2.08. The van der Waals surface area contributed by atoms with Gasteiger partial charge in [0.05, 0.1) is 13.2 Å². The first-order chi connectivity index (χ1) is 4.26. The second-order valence-corrected chi connectivity index (χ2v) is 1.78. The van der Waals surface area contributed by atoms with Gasteiger partial charge in [-0.25, -0.2) is 0 Å². The van der Waals surface area contributed by atoms with Crippen molar-refractivity contribution in [1.29, 1.82) is 5.26 Å². The van der Waals surface area contributed by atoms with Gasteiger partial charge in [0, 0.05) is 7.05 Å². The van der Waals surface area contributed by atoms with Gasteiger partial charge in [0.15, 0.2) is 0 Å². The quantitative estimate of drug-likeness (QED) is 0.527. The maximum Gasteiger partial charge on any atom is 0.121 e. The molecule has 0 saturated heterocycles. The monoisotopic (exact) mass is 128 g/mol. The van der Waals surface area contributed by atoms with Crippen LogP contribution in [0.1, 0.15) is 13.3 Å². The van der Waals surface area contributed by atoms with E-state index in [0.717, 1.165) is 6.42 Å². The Morgan fingerprint density at radius 1 is 1.78 bits per heavy atom. The Morgan fingerprint density at radius 3 is 2.44 bits per heavy atom. The number of hydroxylamine groups is 2. The molecule has 0 N–H and O–H groups in total. The Morgan fingerprint density at radius 2 is 2.33 bits per heavy atom. The van der Waals surface area contributed by atoms with Crippen LogP contribution in [0, 0.1) is 11.3 Å². The molecule has 0 aromatic carbocycles. The SMILES string of the molecule is CCC(C#N)N(C)OC. The van der Waals surface area contributed by atoms with E-state index in [4.69, 9.17) is 10.1 Å². The zero-order valence-corrected chi connectivity index (χ0v) is 6.09. The number of nitrogens with zero attached hydrogens (tertiary/aromatic N) is 2. The normalized spacial score (nSPS) is 13.2. The van der Waals surface area contributed by atoms with Crippen molar-refractivity contribution < 1.29 is 4.84 Å². The van der Waals surface area contributed by atoms with Gasteiger partial charge in [0.25, 0.3) is 0 Å². The van der Waals surface area contributed by atoms with Gasteiger partial charge < -0.3 is 4.84 Å². The summed E-state index contributed by atoms with van der Waals surface area (Å²) in [5.41, 5.74) is 0. The Labute approximate surface area is 55.8 Å². The average Bonchev–Trinajstić information content (AvgIpc) is 1.90. The van der Waals surface area contributed by atoms with Crippen molar-refractivity contribution >= 4 is 0 Å². The van der Waals surface area contributed by atoms with Crippen LogP contribution in [0.5, 0.6) is 0 Å². The number of hydrogen-bond acceptors (Lipinski definition) is 3. The van der Waals surface area contributed by atoms with Crippen LogP contribution in [0.15, 0.2) is 0 Å². The largest absolute Gasteiger partial charge is 0.301 e. The lowest BCUT2D eigenvalue weighted by molar-refractivity contribution is -0.127. The molecule has 3 nitrogen and oxygen atoms in total. The molecule has 0 aliphatic carbocycles. The molecule has 0 aliphatic rings. The highest BCUT2D eigenvalue weighted by Crippen LogP contribution is 1.97. The molecule has 1 unspecified atom stereocenters. The van der Waals surface area contributed by atoms with Gasteiger partial charge in [0.2, 0.25) is 0 Å². The van der Waals surface area contributed by atoms with E-state index in [1.165, 1.54) is 0 Å². The smallest absolute Gasteiger partial charge is 0.121 e. The fourth-order valence-electron chi connectivity index (χ4n) is 0.557. The predicted molar refractivity (Wildman–Crippen MR) is 34.5 cm³/mol. The van der Waals surface area contributed by atoms with Crippen LogP contribution >= 0.6 is 0 Å². The van der Waals surface area contributed by atoms with E-state index in [1.807, 2.05) is 6.92 Å². The summed E-state index contributed by atoms with van der Waals surface area (Å²) < 4.78 is 0. The minimum Gasteiger partial charge on any atom is -0.301 e. The summed E-state index contributed by atoms with van der Waals surface area (Å²) in [5.74, 6) is 0. The Balaban J connectivity index is 3.68. The molecule has 0 rings (SSSR count). The van der Waals surface area contributed by atoms with E-state index < -0.39 is 0 Å². The molecule has 0 radical (unpaired) electrons. The molecular formula is C6H12N2O. The Bertz CT molecular complexity index is 108. The van der Waals surface area contributed by atoms with Crippen molar-refractivity contribution in [3.63, 3.8) is 0 Å². The van der Waals surface area contributed by atoms with Crippen molar-refractivity contribution in [3.8, 4) is 6.07 Å². The second kappa shape index (κ2) is 4.30. The summed E-state index contributed by atoms with van der Waals surface area (Å²) in [6, 6.07) is 1.99. The molecule has 3 heteroatoms. The third-order valence-corrected chi connectivity index (χ3v) is 1.26. The van der Waals surface area contributed by atoms with Crippen molar-refractivity contribution in [1.82, 2.24) is 5.06 Å². The molecule has 0 saturated carbocycles. The Hall–Kier alpha value is -0.590. The van der Waals surface area contributed by atoms with Crippen LogP contribution in [0.25, 0.3) is 0 Å². The minimum absolute atomic E-state index is 0.116. The van der Waals surface area contributed by atoms with E-state index in [0.29, 0.717) is 0 Å². The third kappa shape index (κ3) is 2.45. The van der Waals surface area contributed by atoms with Crippen molar-refractivity contribution in [2.45, 2.75) is 19.4 Å². The predicted octanol–water partition coefficient (Wildman–Crippen LogP) is 0.782. The molecular weight excluding hydrogens is 116 g/mol. The molecule has 0 aromatic rings. The van der Waals surface area contributed by atoms with Crippen LogP contribution in [-0.2, 0) is 4.84 Å². The summed E-state index contributed by atoms with van der Waals surface area (Å²) >= 11 is 0. The summed E-state index contributed by atoms with van der Waals surface area (Å²) in [4.78, 5) is 4.80. The van der Waals surface area contributed by atoms with Crippen LogP contribution in [-0.4, -0.2) is 25.3 Å². The lowest BCUT2D eigenvalue weighted by Gasteiger charge is -2.17. The first kappa shape index (κ1) is 8.41. The molecule has 0 fully saturated rings. The second-order valence-electron chi connectivity index (χ2n) is 1.78. The molecule has 0 heterocycles. The van der Waals surface area contributed by atoms with Crippen LogP contribution in [0.4, 0.5) is 0 Å². The van der Waals surface area contributed by atoms with Gasteiger partial charge in [-0.2, -0.15) is 10.3 Å². The highest BCUT2D eigenvalue weighted by molar-refractivity contribution is 4.86. The summed E-state index contributed by atoms with van der Waals surface area (Å²) in [6.07, 6.45) is 0.792. The fourth-order valence-corrected chi connectivity index (χ4v) is 0.557. The number of hydrogen-bond donors (Lipinski definition) is 0. The van der Waals surface area contributed by atoms with E-state index in [2.05, 4.69) is 6.07 Å². The topological polar surface area (TPSA) is 36.3 Å². The van der Waals surface area contributed by atoms with Crippen molar-refractivity contribution in [3.05, 3.63) is 0 Å². The lowest BCUT2D eigenvalue weighted by atomic mass is 10.2. The van der Waals surface area contributed by atoms with Gasteiger partial charge >= 0.3 is 0 Å². The first-order valence-corrected chi connectivity index (χ1v) is 2.92. The molecule has 0 bridgehead atoms. The van der Waals surface area contributed by atoms with Crippen LogP contribution in [0.2, 0.25) is 0 Å². The first-order valence-electron chi connectivity index (χ1n) is 2.92. The Kier molecular flexibility index (Phi) is 4.02. The van der Waals surface area contributed by atoms with Crippen molar-refractivity contribution in [2.75, 3.05) is 14.2 Å². The standard InChI is InChI=1S/C6H12N2O/c1-4-6(5-7)8(2)9-3/h6H,4H2,1-3H3. The van der Waals surface area contributed by atoms with E-state index >= 15 is 0 Å². The molecule has 0 aromatic heterocycles.